The first-order valence-corrected chi connectivity index (χ1v) is 10.1. The Balaban J connectivity index is 1.63. The molecule has 1 aliphatic rings. The third-order valence-corrected chi connectivity index (χ3v) is 5.94. The van der Waals surface area contributed by atoms with Gasteiger partial charge in [0, 0.05) is 29.1 Å². The zero-order chi connectivity index (χ0) is 19.1. The lowest BCUT2D eigenvalue weighted by atomic mass is 9.96. The third kappa shape index (κ3) is 2.87. The summed E-state index contributed by atoms with van der Waals surface area (Å²) < 4.78 is 8.14. The van der Waals surface area contributed by atoms with Crippen molar-refractivity contribution in [3.63, 3.8) is 0 Å². The minimum absolute atomic E-state index is 0.336. The van der Waals surface area contributed by atoms with Crippen molar-refractivity contribution in [2.45, 2.75) is 38.1 Å². The summed E-state index contributed by atoms with van der Waals surface area (Å²) in [5.74, 6) is 0.945. The standard InChI is InChI=1S/C22H21ClN4O/c23-19-18-17(15-11-26-27(13-15)16-9-5-2-6-10-16)12-25-22(24)21(18)28-20(19)14-7-3-1-4-8-14/h1,3-4,7-8,11-13,16H,2,5-6,9-10H2,(H2,24,25). The fourth-order valence-corrected chi connectivity index (χ4v) is 4.44. The number of benzene rings is 1. The highest BCUT2D eigenvalue weighted by molar-refractivity contribution is 6.39. The van der Waals surface area contributed by atoms with E-state index in [0.29, 0.717) is 28.2 Å². The molecule has 4 aromatic rings. The van der Waals surface area contributed by atoms with Crippen molar-refractivity contribution in [3.8, 4) is 22.5 Å². The van der Waals surface area contributed by atoms with Crippen molar-refractivity contribution in [1.82, 2.24) is 14.8 Å². The van der Waals surface area contributed by atoms with Crippen LogP contribution in [-0.2, 0) is 0 Å². The van der Waals surface area contributed by atoms with Gasteiger partial charge in [0.05, 0.1) is 22.6 Å². The second kappa shape index (κ2) is 6.99. The van der Waals surface area contributed by atoms with Crippen LogP contribution in [0.1, 0.15) is 38.1 Å². The lowest BCUT2D eigenvalue weighted by molar-refractivity contribution is 0.329. The van der Waals surface area contributed by atoms with Gasteiger partial charge in [0.2, 0.25) is 0 Å². The van der Waals surface area contributed by atoms with E-state index in [2.05, 4.69) is 21.0 Å². The van der Waals surface area contributed by atoms with Crippen LogP contribution in [0.15, 0.2) is 53.3 Å². The first kappa shape index (κ1) is 17.3. The van der Waals surface area contributed by atoms with Crippen LogP contribution in [0.2, 0.25) is 5.02 Å². The van der Waals surface area contributed by atoms with Crippen molar-refractivity contribution < 1.29 is 4.42 Å². The van der Waals surface area contributed by atoms with Crippen molar-refractivity contribution in [2.75, 3.05) is 5.73 Å². The summed E-state index contributed by atoms with van der Waals surface area (Å²) in [6.07, 6.45) is 11.9. The second-order valence-electron chi connectivity index (χ2n) is 7.37. The van der Waals surface area contributed by atoms with E-state index in [0.717, 1.165) is 22.1 Å². The van der Waals surface area contributed by atoms with E-state index in [1.807, 2.05) is 36.5 Å². The Hall–Kier alpha value is -2.79. The van der Waals surface area contributed by atoms with Gasteiger partial charge in [-0.15, -0.1) is 0 Å². The molecule has 0 spiro atoms. The van der Waals surface area contributed by atoms with Crippen LogP contribution in [0.3, 0.4) is 0 Å². The zero-order valence-electron chi connectivity index (χ0n) is 15.4. The summed E-state index contributed by atoms with van der Waals surface area (Å²) in [7, 11) is 0. The number of hydrogen-bond acceptors (Lipinski definition) is 4. The van der Waals surface area contributed by atoms with Gasteiger partial charge in [0.25, 0.3) is 0 Å². The quantitative estimate of drug-likeness (QED) is 0.457. The molecule has 2 N–H and O–H groups in total. The van der Waals surface area contributed by atoms with E-state index < -0.39 is 0 Å². The van der Waals surface area contributed by atoms with Gasteiger partial charge in [-0.25, -0.2) is 4.98 Å². The predicted molar refractivity (Wildman–Crippen MR) is 112 cm³/mol. The molecule has 0 bridgehead atoms. The molecule has 0 unspecified atom stereocenters. The monoisotopic (exact) mass is 392 g/mol. The molecule has 5 rings (SSSR count). The van der Waals surface area contributed by atoms with Gasteiger partial charge in [0.15, 0.2) is 17.2 Å². The molecule has 0 radical (unpaired) electrons. The number of aromatic nitrogens is 3. The number of nitrogens with zero attached hydrogens (tertiary/aromatic N) is 3. The van der Waals surface area contributed by atoms with Crippen LogP contribution in [0.5, 0.6) is 0 Å². The number of furan rings is 1. The summed E-state index contributed by atoms with van der Waals surface area (Å²) in [6.45, 7) is 0. The number of pyridine rings is 1. The lowest BCUT2D eigenvalue weighted by Gasteiger charge is -2.21. The fraction of sp³-hybridized carbons (Fsp3) is 0.273. The maximum Gasteiger partial charge on any atom is 0.179 e. The van der Waals surface area contributed by atoms with Gasteiger partial charge < -0.3 is 10.2 Å². The van der Waals surface area contributed by atoms with Crippen LogP contribution < -0.4 is 5.73 Å². The molecule has 0 saturated heterocycles. The van der Waals surface area contributed by atoms with Crippen LogP contribution in [0, 0.1) is 0 Å². The summed E-state index contributed by atoms with van der Waals surface area (Å²) in [5.41, 5.74) is 9.40. The third-order valence-electron chi connectivity index (χ3n) is 5.58. The number of hydrogen-bond donors (Lipinski definition) is 1. The van der Waals surface area contributed by atoms with Crippen LogP contribution in [0.25, 0.3) is 33.4 Å². The van der Waals surface area contributed by atoms with Crippen molar-refractivity contribution in [3.05, 3.63) is 53.9 Å². The molecule has 1 aromatic carbocycles. The van der Waals surface area contributed by atoms with Crippen molar-refractivity contribution in [2.24, 2.45) is 0 Å². The van der Waals surface area contributed by atoms with Gasteiger partial charge in [-0.1, -0.05) is 61.2 Å². The Morgan fingerprint density at radius 2 is 1.82 bits per heavy atom. The molecule has 5 nitrogen and oxygen atoms in total. The maximum atomic E-state index is 6.77. The van der Waals surface area contributed by atoms with Crippen LogP contribution >= 0.6 is 11.6 Å². The molecule has 0 amide bonds. The molecule has 3 aromatic heterocycles. The minimum atomic E-state index is 0.336. The van der Waals surface area contributed by atoms with E-state index in [9.17, 15) is 0 Å². The van der Waals surface area contributed by atoms with Crippen molar-refractivity contribution in [1.29, 1.82) is 0 Å². The molecule has 0 atom stereocenters. The molecular weight excluding hydrogens is 372 g/mol. The van der Waals surface area contributed by atoms with Crippen LogP contribution in [-0.4, -0.2) is 14.8 Å². The molecule has 28 heavy (non-hydrogen) atoms. The molecular formula is C22H21ClN4O. The maximum absolute atomic E-state index is 6.77. The van der Waals surface area contributed by atoms with Crippen molar-refractivity contribution >= 4 is 28.4 Å². The van der Waals surface area contributed by atoms with E-state index in [4.69, 9.17) is 21.8 Å². The minimum Gasteiger partial charge on any atom is -0.451 e. The highest BCUT2D eigenvalue weighted by Gasteiger charge is 2.22. The Labute approximate surface area is 168 Å². The van der Waals surface area contributed by atoms with E-state index >= 15 is 0 Å². The average Bonchev–Trinajstić information content (AvgIpc) is 3.36. The smallest absolute Gasteiger partial charge is 0.179 e. The molecule has 1 saturated carbocycles. The zero-order valence-corrected chi connectivity index (χ0v) is 16.2. The van der Waals surface area contributed by atoms with Gasteiger partial charge in [-0.2, -0.15) is 5.10 Å². The normalized spacial score (nSPS) is 15.3. The summed E-state index contributed by atoms with van der Waals surface area (Å²) >= 11 is 6.77. The highest BCUT2D eigenvalue weighted by atomic mass is 35.5. The van der Waals surface area contributed by atoms with E-state index in [1.54, 1.807) is 6.20 Å². The number of anilines is 1. The topological polar surface area (TPSA) is 69.9 Å². The summed E-state index contributed by atoms with van der Waals surface area (Å²) in [5, 5.41) is 5.96. The number of nitrogens with two attached hydrogens (primary N) is 1. The Bertz CT molecular complexity index is 1130. The van der Waals surface area contributed by atoms with E-state index in [1.165, 1.54) is 32.1 Å². The van der Waals surface area contributed by atoms with Gasteiger partial charge in [-0.3, -0.25) is 4.68 Å². The number of fused-ring (bicyclic) bond motifs is 1. The first-order valence-electron chi connectivity index (χ1n) is 9.69. The number of nitrogen functional groups attached to an aromatic ring is 1. The highest BCUT2D eigenvalue weighted by Crippen LogP contribution is 2.43. The Morgan fingerprint density at radius 3 is 2.61 bits per heavy atom. The predicted octanol–water partition coefficient (Wildman–Crippen LogP) is 6.10. The fourth-order valence-electron chi connectivity index (χ4n) is 4.11. The Kier molecular flexibility index (Phi) is 4.32. The summed E-state index contributed by atoms with van der Waals surface area (Å²) in [4.78, 5) is 4.34. The molecule has 1 fully saturated rings. The summed E-state index contributed by atoms with van der Waals surface area (Å²) in [6, 6.07) is 10.3. The molecule has 142 valence electrons. The molecule has 0 aliphatic heterocycles. The molecule has 1 aliphatic carbocycles. The number of halogens is 1. The second-order valence-corrected chi connectivity index (χ2v) is 7.75. The SMILES string of the molecule is Nc1ncc(-c2cnn(C3CCCCC3)c2)c2c(Cl)c(-c3ccccc3)oc12. The lowest BCUT2D eigenvalue weighted by Crippen LogP contribution is -2.12. The molecule has 6 heteroatoms. The van der Waals surface area contributed by atoms with E-state index in [-0.39, 0.29) is 0 Å². The average molecular weight is 393 g/mol. The van der Waals surface area contributed by atoms with Gasteiger partial charge in [-0.05, 0) is 12.8 Å². The Morgan fingerprint density at radius 1 is 1.04 bits per heavy atom. The van der Waals surface area contributed by atoms with Gasteiger partial charge >= 0.3 is 0 Å². The first-order chi connectivity index (χ1) is 13.7. The molecule has 3 heterocycles. The largest absolute Gasteiger partial charge is 0.451 e. The van der Waals surface area contributed by atoms with Gasteiger partial charge in [0.1, 0.15) is 0 Å². The number of rotatable bonds is 3. The van der Waals surface area contributed by atoms with Crippen LogP contribution in [0.4, 0.5) is 5.82 Å².